The fourth-order valence-corrected chi connectivity index (χ4v) is 0.798. The fourth-order valence-electron chi connectivity index (χ4n) is 0.798. The Labute approximate surface area is 79.5 Å². The van der Waals surface area contributed by atoms with Crippen LogP contribution in [0.5, 0.6) is 0 Å². The summed E-state index contributed by atoms with van der Waals surface area (Å²) in [5.74, 6) is -0.0869. The van der Waals surface area contributed by atoms with Crippen LogP contribution in [0.15, 0.2) is 0 Å². The van der Waals surface area contributed by atoms with Crippen LogP contribution in [0.4, 0.5) is 4.70 Å². The second-order valence-corrected chi connectivity index (χ2v) is 2.39. The second kappa shape index (κ2) is 13.3. The lowest BCUT2D eigenvalue weighted by atomic mass is 10.2. The van der Waals surface area contributed by atoms with Gasteiger partial charge in [0.2, 0.25) is 0 Å². The molecule has 0 rings (SSSR count). The predicted molar refractivity (Wildman–Crippen MR) is 50.5 cm³/mol. The van der Waals surface area contributed by atoms with E-state index in [9.17, 15) is 4.79 Å². The summed E-state index contributed by atoms with van der Waals surface area (Å²) in [4.78, 5) is 10.6. The molecule has 0 spiro atoms. The smallest absolute Gasteiger partial charge is 0.305 e. The van der Waals surface area contributed by atoms with E-state index in [1.807, 2.05) is 0 Å². The molecule has 76 valence electrons. The van der Waals surface area contributed by atoms with Gasteiger partial charge in [0.15, 0.2) is 0 Å². The summed E-state index contributed by atoms with van der Waals surface area (Å²) < 4.78 is 4.49. The van der Waals surface area contributed by atoms with Crippen LogP contribution < -0.4 is 0 Å². The minimum atomic E-state index is -0.0869. The monoisotopic (exact) mass is 200 g/mol. The van der Waals surface area contributed by atoms with Crippen molar-refractivity contribution in [2.24, 2.45) is 0 Å². The third-order valence-electron chi connectivity index (χ3n) is 1.46. The van der Waals surface area contributed by atoms with Gasteiger partial charge in [0.05, 0.1) is 7.11 Å². The zero-order chi connectivity index (χ0) is 7.82. The summed E-state index contributed by atoms with van der Waals surface area (Å²) in [6, 6.07) is 0. The average molecular weight is 201 g/mol. The van der Waals surface area contributed by atoms with Crippen molar-refractivity contribution in [1.82, 2.24) is 0 Å². The molecule has 4 heteroatoms. The third kappa shape index (κ3) is 12.4. The van der Waals surface area contributed by atoms with Crippen LogP contribution >= 0.6 is 12.4 Å². The van der Waals surface area contributed by atoms with Crippen molar-refractivity contribution in [3.05, 3.63) is 0 Å². The van der Waals surface area contributed by atoms with E-state index in [2.05, 4.69) is 11.7 Å². The first kappa shape index (κ1) is 17.7. The molecule has 0 aliphatic heterocycles. The van der Waals surface area contributed by atoms with Crippen molar-refractivity contribution in [3.63, 3.8) is 0 Å². The van der Waals surface area contributed by atoms with Crippen LogP contribution in [-0.2, 0) is 9.53 Å². The summed E-state index contributed by atoms with van der Waals surface area (Å²) in [6.45, 7) is 2.15. The summed E-state index contributed by atoms with van der Waals surface area (Å²) in [6.07, 6.45) is 5.13. The Kier molecular flexibility index (Phi) is 19.6. The van der Waals surface area contributed by atoms with Crippen molar-refractivity contribution < 1.29 is 14.2 Å². The molecule has 0 fully saturated rings. The van der Waals surface area contributed by atoms with E-state index >= 15 is 0 Å². The average Bonchev–Trinajstić information content (AvgIpc) is 1.98. The zero-order valence-corrected chi connectivity index (χ0v) is 8.49. The number of hydrogen-bond donors (Lipinski definition) is 0. The Morgan fingerprint density at radius 1 is 1.25 bits per heavy atom. The lowest BCUT2D eigenvalue weighted by molar-refractivity contribution is -0.140. The maximum Gasteiger partial charge on any atom is 0.305 e. The number of carbonyl (C=O) groups is 1. The Balaban J connectivity index is -0.000000405. The Hall–Kier alpha value is -0.310. The molecule has 0 aromatic carbocycles. The molecule has 2 nitrogen and oxygen atoms in total. The van der Waals surface area contributed by atoms with Crippen molar-refractivity contribution in [2.45, 2.75) is 39.0 Å². The number of methoxy groups -OCH3 is 1. The lowest BCUT2D eigenvalue weighted by Gasteiger charge is -1.97. The van der Waals surface area contributed by atoms with Gasteiger partial charge in [0, 0.05) is 6.42 Å². The van der Waals surface area contributed by atoms with Gasteiger partial charge >= 0.3 is 5.97 Å². The highest BCUT2D eigenvalue weighted by Crippen LogP contribution is 2.02. The number of rotatable bonds is 5. The molecule has 0 atom stereocenters. The zero-order valence-electron chi connectivity index (χ0n) is 7.67. The van der Waals surface area contributed by atoms with Gasteiger partial charge in [-0.25, -0.2) is 0 Å². The molecule has 0 bridgehead atoms. The highest BCUT2D eigenvalue weighted by molar-refractivity contribution is 5.85. The van der Waals surface area contributed by atoms with Gasteiger partial charge in [-0.05, 0) is 6.42 Å². The molecule has 0 saturated carbocycles. The SMILES string of the molecule is CCCCCCC(=O)OC.Cl.F. The molecule has 0 radical (unpaired) electrons. The standard InChI is InChI=1S/C8H16O2.ClH.FH/c1-3-4-5-6-7-8(9)10-2;;/h3-7H2,1-2H3;2*1H. The van der Waals surface area contributed by atoms with Crippen molar-refractivity contribution in [3.8, 4) is 0 Å². The second-order valence-electron chi connectivity index (χ2n) is 2.39. The maximum atomic E-state index is 10.6. The van der Waals surface area contributed by atoms with Crippen molar-refractivity contribution in [2.75, 3.05) is 7.11 Å². The number of esters is 1. The minimum Gasteiger partial charge on any atom is -0.469 e. The van der Waals surface area contributed by atoms with Crippen LogP contribution in [0.25, 0.3) is 0 Å². The van der Waals surface area contributed by atoms with Crippen molar-refractivity contribution in [1.29, 1.82) is 0 Å². The molecular weight excluding hydrogens is 183 g/mol. The van der Waals surface area contributed by atoms with Crippen LogP contribution in [-0.4, -0.2) is 13.1 Å². The summed E-state index contributed by atoms with van der Waals surface area (Å²) >= 11 is 0. The normalized spacial score (nSPS) is 7.83. The largest absolute Gasteiger partial charge is 0.469 e. The van der Waals surface area contributed by atoms with Gasteiger partial charge in [-0.1, -0.05) is 26.2 Å². The van der Waals surface area contributed by atoms with Gasteiger partial charge in [-0.3, -0.25) is 9.50 Å². The highest BCUT2D eigenvalue weighted by Gasteiger charge is 1.97. The van der Waals surface area contributed by atoms with E-state index in [1.54, 1.807) is 0 Å². The molecule has 0 N–H and O–H groups in total. The van der Waals surface area contributed by atoms with Crippen LogP contribution in [0.1, 0.15) is 39.0 Å². The van der Waals surface area contributed by atoms with E-state index in [-0.39, 0.29) is 23.1 Å². The molecular formula is C8H18ClFO2. The molecule has 0 amide bonds. The molecule has 0 heterocycles. The maximum absolute atomic E-state index is 10.6. The predicted octanol–water partition coefficient (Wildman–Crippen LogP) is 2.70. The molecule has 0 saturated heterocycles. The quantitative estimate of drug-likeness (QED) is 0.504. The first-order chi connectivity index (χ1) is 4.81. The Morgan fingerprint density at radius 2 is 1.83 bits per heavy atom. The Morgan fingerprint density at radius 3 is 2.25 bits per heavy atom. The fraction of sp³-hybridized carbons (Fsp3) is 0.875. The van der Waals surface area contributed by atoms with Gasteiger partial charge in [0.25, 0.3) is 0 Å². The molecule has 0 aromatic rings. The molecule has 0 unspecified atom stereocenters. The minimum absolute atomic E-state index is 0. The van der Waals surface area contributed by atoms with Crippen molar-refractivity contribution >= 4 is 18.4 Å². The third-order valence-corrected chi connectivity index (χ3v) is 1.46. The summed E-state index contributed by atoms with van der Waals surface area (Å²) in [7, 11) is 1.43. The van der Waals surface area contributed by atoms with E-state index in [4.69, 9.17) is 0 Å². The van der Waals surface area contributed by atoms with Gasteiger partial charge in [-0.15, -0.1) is 12.4 Å². The van der Waals surface area contributed by atoms with Gasteiger partial charge < -0.3 is 4.74 Å². The highest BCUT2D eigenvalue weighted by atomic mass is 35.5. The van der Waals surface area contributed by atoms with Crippen LogP contribution in [0, 0.1) is 0 Å². The number of carbonyl (C=O) groups excluding carboxylic acids is 1. The van der Waals surface area contributed by atoms with Gasteiger partial charge in [0.1, 0.15) is 0 Å². The Bertz CT molecular complexity index is 99.1. The molecule has 0 aliphatic rings. The number of ether oxygens (including phenoxy) is 1. The molecule has 0 aromatic heterocycles. The summed E-state index contributed by atoms with van der Waals surface area (Å²) in [5, 5.41) is 0. The van der Waals surface area contributed by atoms with E-state index < -0.39 is 0 Å². The van der Waals surface area contributed by atoms with Gasteiger partial charge in [-0.2, -0.15) is 0 Å². The van der Waals surface area contributed by atoms with E-state index in [1.165, 1.54) is 20.0 Å². The topological polar surface area (TPSA) is 26.3 Å². The number of hydrogen-bond acceptors (Lipinski definition) is 2. The number of unbranched alkanes of at least 4 members (excludes halogenated alkanes) is 3. The first-order valence-electron chi connectivity index (χ1n) is 3.88. The van der Waals surface area contributed by atoms with E-state index in [0.717, 1.165) is 12.8 Å². The summed E-state index contributed by atoms with van der Waals surface area (Å²) in [5.41, 5.74) is 0. The molecule has 12 heavy (non-hydrogen) atoms. The van der Waals surface area contributed by atoms with Crippen LogP contribution in [0.2, 0.25) is 0 Å². The molecule has 0 aliphatic carbocycles. The first-order valence-corrected chi connectivity index (χ1v) is 3.88. The van der Waals surface area contributed by atoms with Crippen LogP contribution in [0.3, 0.4) is 0 Å². The van der Waals surface area contributed by atoms with E-state index in [0.29, 0.717) is 6.42 Å². The lowest BCUT2D eigenvalue weighted by Crippen LogP contribution is -1.98. The number of halogens is 2.